The molecule has 160 valence electrons. The first-order chi connectivity index (χ1) is 14.4. The summed E-state index contributed by atoms with van der Waals surface area (Å²) in [5, 5.41) is 9.44. The predicted octanol–water partition coefficient (Wildman–Crippen LogP) is 5.05. The second-order valence-electron chi connectivity index (χ2n) is 8.62. The number of aryl methyl sites for hydroxylation is 1. The number of nitrogens with one attached hydrogen (secondary N) is 1. The minimum Gasteiger partial charge on any atom is -0.351 e. The summed E-state index contributed by atoms with van der Waals surface area (Å²) < 4.78 is 1.85. The fourth-order valence-corrected chi connectivity index (χ4v) is 5.65. The fraction of sp³-hybridized carbons (Fsp3) is 0.478. The molecule has 1 amide bonds. The minimum atomic E-state index is -0.00126. The summed E-state index contributed by atoms with van der Waals surface area (Å²) >= 11 is 7.50. The molecule has 2 unspecified atom stereocenters. The highest BCUT2D eigenvalue weighted by Gasteiger charge is 2.21. The van der Waals surface area contributed by atoms with E-state index >= 15 is 0 Å². The standard InChI is InChI=1S/C23H29ClN4OS/c1-15-11-16(2)14-28(13-15)10-4-9-25-22(29)20-12-19-21(26-27(3)23(19)30-20)17-5-7-18(24)8-6-17/h5-8,12,15-16H,4,9-11,13-14H2,1-3H3,(H,25,29). The fourth-order valence-electron chi connectivity index (χ4n) is 4.54. The number of carbonyl (C=O) groups excluding carboxylic acids is 1. The largest absolute Gasteiger partial charge is 0.351 e. The minimum absolute atomic E-state index is 0.00126. The van der Waals surface area contributed by atoms with Crippen molar-refractivity contribution in [3.05, 3.63) is 40.2 Å². The summed E-state index contributed by atoms with van der Waals surface area (Å²) in [5.41, 5.74) is 1.88. The van der Waals surface area contributed by atoms with Crippen LogP contribution in [0.25, 0.3) is 21.5 Å². The number of hydrogen-bond acceptors (Lipinski definition) is 4. The quantitative estimate of drug-likeness (QED) is 0.541. The van der Waals surface area contributed by atoms with E-state index in [1.165, 1.54) is 30.8 Å². The highest BCUT2D eigenvalue weighted by atomic mass is 35.5. The number of nitrogens with zero attached hydrogens (tertiary/aromatic N) is 3. The SMILES string of the molecule is CC1CC(C)CN(CCCNC(=O)c2cc3c(-c4ccc(Cl)cc4)nn(C)c3s2)C1. The monoisotopic (exact) mass is 444 g/mol. The smallest absolute Gasteiger partial charge is 0.261 e. The molecular formula is C23H29ClN4OS. The zero-order chi connectivity index (χ0) is 21.3. The molecule has 30 heavy (non-hydrogen) atoms. The second kappa shape index (κ2) is 9.08. The Kier molecular flexibility index (Phi) is 6.46. The van der Waals surface area contributed by atoms with E-state index in [1.807, 2.05) is 42.1 Å². The molecule has 0 bridgehead atoms. The lowest BCUT2D eigenvalue weighted by Crippen LogP contribution is -2.40. The second-order valence-corrected chi connectivity index (χ2v) is 10.1. The van der Waals surface area contributed by atoms with Crippen LogP contribution in [-0.2, 0) is 7.05 Å². The zero-order valence-electron chi connectivity index (χ0n) is 17.8. The van der Waals surface area contributed by atoms with Crippen molar-refractivity contribution in [2.75, 3.05) is 26.2 Å². The Morgan fingerprint density at radius 3 is 2.63 bits per heavy atom. The molecule has 3 aromatic rings. The van der Waals surface area contributed by atoms with Crippen LogP contribution in [0.1, 0.15) is 36.4 Å². The van der Waals surface area contributed by atoms with Crippen molar-refractivity contribution in [3.63, 3.8) is 0 Å². The molecule has 2 atom stereocenters. The maximum atomic E-state index is 12.7. The van der Waals surface area contributed by atoms with Gasteiger partial charge in [0.2, 0.25) is 0 Å². The van der Waals surface area contributed by atoms with Gasteiger partial charge in [0.25, 0.3) is 5.91 Å². The molecule has 3 heterocycles. The molecule has 4 rings (SSSR count). The Morgan fingerprint density at radius 2 is 1.93 bits per heavy atom. The van der Waals surface area contributed by atoms with Gasteiger partial charge in [-0.05, 0) is 49.4 Å². The predicted molar refractivity (Wildman–Crippen MR) is 125 cm³/mol. The number of carbonyl (C=O) groups is 1. The average molecular weight is 445 g/mol. The van der Waals surface area contributed by atoms with E-state index < -0.39 is 0 Å². The lowest BCUT2D eigenvalue weighted by atomic mass is 9.92. The van der Waals surface area contributed by atoms with Crippen molar-refractivity contribution >= 4 is 39.1 Å². The molecule has 2 aromatic heterocycles. The van der Waals surface area contributed by atoms with Gasteiger partial charge in [0.1, 0.15) is 10.5 Å². The average Bonchev–Trinajstić information content (AvgIpc) is 3.26. The normalized spacial score (nSPS) is 20.0. The van der Waals surface area contributed by atoms with E-state index in [2.05, 4.69) is 29.2 Å². The maximum Gasteiger partial charge on any atom is 0.261 e. The number of fused-ring (bicyclic) bond motifs is 1. The molecule has 1 aliphatic rings. The Hall–Kier alpha value is -1.89. The van der Waals surface area contributed by atoms with Crippen molar-refractivity contribution in [2.45, 2.75) is 26.7 Å². The van der Waals surface area contributed by atoms with E-state index in [0.717, 1.165) is 51.2 Å². The van der Waals surface area contributed by atoms with Gasteiger partial charge in [0, 0.05) is 42.7 Å². The summed E-state index contributed by atoms with van der Waals surface area (Å²) in [4.78, 5) is 17.0. The third kappa shape index (κ3) is 4.71. The Balaban J connectivity index is 1.38. The number of amides is 1. The first-order valence-electron chi connectivity index (χ1n) is 10.6. The van der Waals surface area contributed by atoms with Crippen LogP contribution in [0.3, 0.4) is 0 Å². The van der Waals surface area contributed by atoms with Gasteiger partial charge in [0.15, 0.2) is 0 Å². The van der Waals surface area contributed by atoms with Crippen LogP contribution >= 0.6 is 22.9 Å². The molecule has 5 nitrogen and oxygen atoms in total. The molecule has 7 heteroatoms. The van der Waals surface area contributed by atoms with Crippen LogP contribution in [0.2, 0.25) is 5.02 Å². The number of benzene rings is 1. The highest BCUT2D eigenvalue weighted by Crippen LogP contribution is 2.34. The summed E-state index contributed by atoms with van der Waals surface area (Å²) in [6, 6.07) is 9.61. The van der Waals surface area contributed by atoms with Crippen LogP contribution in [0.5, 0.6) is 0 Å². The summed E-state index contributed by atoms with van der Waals surface area (Å²) in [6.45, 7) is 8.77. The van der Waals surface area contributed by atoms with E-state index in [0.29, 0.717) is 11.6 Å². The van der Waals surface area contributed by atoms with E-state index in [1.54, 1.807) is 0 Å². The highest BCUT2D eigenvalue weighted by molar-refractivity contribution is 7.20. The summed E-state index contributed by atoms with van der Waals surface area (Å²) in [7, 11) is 1.92. The van der Waals surface area contributed by atoms with Crippen molar-refractivity contribution in [1.29, 1.82) is 0 Å². The van der Waals surface area contributed by atoms with Crippen molar-refractivity contribution in [2.24, 2.45) is 18.9 Å². The van der Waals surface area contributed by atoms with Crippen molar-refractivity contribution in [3.8, 4) is 11.3 Å². The van der Waals surface area contributed by atoms with Gasteiger partial charge >= 0.3 is 0 Å². The van der Waals surface area contributed by atoms with Gasteiger partial charge in [-0.1, -0.05) is 37.6 Å². The molecule has 1 fully saturated rings. The van der Waals surface area contributed by atoms with Gasteiger partial charge in [-0.2, -0.15) is 5.10 Å². The van der Waals surface area contributed by atoms with Crippen LogP contribution in [0.15, 0.2) is 30.3 Å². The Labute approximate surface area is 187 Å². The molecular weight excluding hydrogens is 416 g/mol. The number of rotatable bonds is 6. The third-order valence-electron chi connectivity index (χ3n) is 5.73. The van der Waals surface area contributed by atoms with Gasteiger partial charge in [0.05, 0.1) is 4.88 Å². The molecule has 0 radical (unpaired) electrons. The van der Waals surface area contributed by atoms with E-state index in [-0.39, 0.29) is 5.91 Å². The first kappa shape index (κ1) is 21.3. The van der Waals surface area contributed by atoms with Crippen LogP contribution in [0, 0.1) is 11.8 Å². The Bertz CT molecular complexity index is 1020. The summed E-state index contributed by atoms with van der Waals surface area (Å²) in [6.07, 6.45) is 2.31. The molecule has 1 N–H and O–H groups in total. The van der Waals surface area contributed by atoms with Crippen LogP contribution in [0.4, 0.5) is 0 Å². The van der Waals surface area contributed by atoms with Crippen LogP contribution < -0.4 is 5.32 Å². The lowest BCUT2D eigenvalue weighted by Gasteiger charge is -2.34. The molecule has 0 saturated carbocycles. The number of piperidine rings is 1. The van der Waals surface area contributed by atoms with Crippen molar-refractivity contribution in [1.82, 2.24) is 20.0 Å². The van der Waals surface area contributed by atoms with Gasteiger partial charge in [-0.25, -0.2) is 0 Å². The molecule has 1 aliphatic heterocycles. The lowest BCUT2D eigenvalue weighted by molar-refractivity contribution is 0.0951. The van der Waals surface area contributed by atoms with Gasteiger partial charge in [-0.15, -0.1) is 11.3 Å². The molecule has 0 spiro atoms. The van der Waals surface area contributed by atoms with E-state index in [4.69, 9.17) is 11.6 Å². The van der Waals surface area contributed by atoms with Gasteiger partial charge < -0.3 is 10.2 Å². The summed E-state index contributed by atoms with van der Waals surface area (Å²) in [5.74, 6) is 1.54. The Morgan fingerprint density at radius 1 is 1.23 bits per heavy atom. The van der Waals surface area contributed by atoms with Gasteiger partial charge in [-0.3, -0.25) is 9.48 Å². The third-order valence-corrected chi connectivity index (χ3v) is 7.19. The van der Waals surface area contributed by atoms with Crippen LogP contribution in [-0.4, -0.2) is 46.8 Å². The zero-order valence-corrected chi connectivity index (χ0v) is 19.4. The van der Waals surface area contributed by atoms with Crippen molar-refractivity contribution < 1.29 is 4.79 Å². The number of likely N-dealkylation sites (tertiary alicyclic amines) is 1. The number of hydrogen-bond donors (Lipinski definition) is 1. The number of halogens is 1. The molecule has 1 saturated heterocycles. The first-order valence-corrected chi connectivity index (χ1v) is 11.8. The number of thiophene rings is 1. The molecule has 0 aliphatic carbocycles. The molecule has 1 aromatic carbocycles. The van der Waals surface area contributed by atoms with E-state index in [9.17, 15) is 4.79 Å². The maximum absolute atomic E-state index is 12.7. The number of aromatic nitrogens is 2. The topological polar surface area (TPSA) is 50.2 Å².